The maximum absolute atomic E-state index is 15.5. The number of piperidine rings is 1. The van der Waals surface area contributed by atoms with Gasteiger partial charge in [0.15, 0.2) is 5.82 Å². The van der Waals surface area contributed by atoms with Crippen molar-refractivity contribution in [2.45, 2.75) is 63.6 Å². The Balaban J connectivity index is 1.38. The summed E-state index contributed by atoms with van der Waals surface area (Å²) in [5.74, 6) is -0.921. The quantitative estimate of drug-likeness (QED) is 0.295. The van der Waals surface area contributed by atoms with Crippen LogP contribution in [0.25, 0.3) is 28.1 Å². The highest BCUT2D eigenvalue weighted by atomic mass is 32.2. The fourth-order valence-electron chi connectivity index (χ4n) is 6.14. The van der Waals surface area contributed by atoms with Crippen LogP contribution in [0, 0.1) is 11.7 Å². The fourth-order valence-corrected chi connectivity index (χ4v) is 6.87. The number of amides is 1. The molecule has 0 bridgehead atoms. The molecular formula is C29H32F3N7O3S. The van der Waals surface area contributed by atoms with E-state index in [1.54, 1.807) is 15.4 Å². The first-order chi connectivity index (χ1) is 20.5. The number of anilines is 1. The van der Waals surface area contributed by atoms with Crippen molar-refractivity contribution < 1.29 is 26.4 Å². The monoisotopic (exact) mass is 615 g/mol. The van der Waals surface area contributed by atoms with E-state index in [2.05, 4.69) is 4.98 Å². The number of imidazole rings is 1. The summed E-state index contributed by atoms with van der Waals surface area (Å²) >= 11 is 0. The number of likely N-dealkylation sites (tertiary alicyclic amines) is 1. The van der Waals surface area contributed by atoms with Gasteiger partial charge in [-0.05, 0) is 68.7 Å². The highest BCUT2D eigenvalue weighted by Gasteiger charge is 2.35. The summed E-state index contributed by atoms with van der Waals surface area (Å²) in [6.07, 6.45) is 7.43. The lowest BCUT2D eigenvalue weighted by atomic mass is 10.1. The number of hydrogen-bond acceptors (Lipinski definition) is 6. The SMILES string of the molecule is CS(=O)(=O)N(c1ccc2cc(-c3nc4cc(C(=O)N5CCC[C@@H](N)C5)c(F)cn4c3C3CC3)n(CC3CC3)c2n1)C(F)F. The van der Waals surface area contributed by atoms with Crippen molar-refractivity contribution in [2.24, 2.45) is 11.7 Å². The smallest absolute Gasteiger partial charge is 0.329 e. The summed E-state index contributed by atoms with van der Waals surface area (Å²) in [7, 11) is -4.29. The number of halogens is 3. The van der Waals surface area contributed by atoms with Crippen molar-refractivity contribution >= 4 is 38.4 Å². The van der Waals surface area contributed by atoms with E-state index in [0.717, 1.165) is 50.5 Å². The average molecular weight is 616 g/mol. The zero-order chi connectivity index (χ0) is 30.2. The van der Waals surface area contributed by atoms with Gasteiger partial charge in [-0.15, -0.1) is 0 Å². The molecule has 1 aliphatic heterocycles. The highest BCUT2D eigenvalue weighted by Crippen LogP contribution is 2.46. The number of hydrogen-bond donors (Lipinski definition) is 1. The summed E-state index contributed by atoms with van der Waals surface area (Å²) in [5, 5.41) is 0.643. The van der Waals surface area contributed by atoms with Crippen LogP contribution in [-0.2, 0) is 16.6 Å². The van der Waals surface area contributed by atoms with Gasteiger partial charge in [-0.2, -0.15) is 13.1 Å². The Hall–Kier alpha value is -3.65. The second-order valence-corrected chi connectivity index (χ2v) is 13.9. The first-order valence-corrected chi connectivity index (χ1v) is 16.4. The Bertz CT molecular complexity index is 1860. The molecule has 3 aliphatic rings. The van der Waals surface area contributed by atoms with E-state index in [4.69, 9.17) is 10.7 Å². The number of nitrogens with two attached hydrogens (primary N) is 1. The minimum atomic E-state index is -4.29. The van der Waals surface area contributed by atoms with Gasteiger partial charge in [-0.25, -0.2) is 22.8 Å². The second-order valence-electron chi connectivity index (χ2n) is 12.0. The average Bonchev–Trinajstić information content (AvgIpc) is 3.87. The second kappa shape index (κ2) is 10.2. The van der Waals surface area contributed by atoms with Gasteiger partial charge < -0.3 is 19.6 Å². The Kier molecular flexibility index (Phi) is 6.69. The molecule has 43 heavy (non-hydrogen) atoms. The summed E-state index contributed by atoms with van der Waals surface area (Å²) < 4.78 is 71.2. The summed E-state index contributed by atoms with van der Waals surface area (Å²) in [5.41, 5.74) is 8.93. The van der Waals surface area contributed by atoms with Crippen LogP contribution in [0.15, 0.2) is 30.5 Å². The molecule has 2 aliphatic carbocycles. The molecular weight excluding hydrogens is 583 g/mol. The van der Waals surface area contributed by atoms with Crippen LogP contribution < -0.4 is 10.0 Å². The number of pyridine rings is 2. The van der Waals surface area contributed by atoms with Gasteiger partial charge in [0.1, 0.15) is 22.8 Å². The standard InChI is InChI=1S/C29H32F3N7O3S/c1-43(41,42)39(29(31)32)23-9-8-18-11-22(37(27(18)35-23)13-16-4-5-16)25-26(17-6-7-17)38-15-21(30)20(12-24(38)34-25)28(40)36-10-2-3-19(33)14-36/h8-9,11-12,15-17,19,29H,2-7,10,13-14,33H2,1H3/t19-/m1/s1. The molecule has 4 aromatic heterocycles. The fraction of sp³-hybridized carbons (Fsp3) is 0.483. The molecule has 0 spiro atoms. The number of carbonyl (C=O) groups is 1. The topological polar surface area (TPSA) is 119 Å². The number of alkyl halides is 2. The molecule has 0 radical (unpaired) electrons. The maximum Gasteiger partial charge on any atom is 0.329 e. The Morgan fingerprint density at radius 2 is 1.91 bits per heavy atom. The molecule has 14 heteroatoms. The molecule has 1 saturated heterocycles. The van der Waals surface area contributed by atoms with Gasteiger partial charge in [-0.3, -0.25) is 4.79 Å². The van der Waals surface area contributed by atoms with Crippen molar-refractivity contribution in [3.05, 3.63) is 47.5 Å². The van der Waals surface area contributed by atoms with Crippen molar-refractivity contribution in [2.75, 3.05) is 23.7 Å². The van der Waals surface area contributed by atoms with Crippen LogP contribution in [0.2, 0.25) is 0 Å². The van der Waals surface area contributed by atoms with E-state index in [9.17, 15) is 22.0 Å². The van der Waals surface area contributed by atoms with E-state index >= 15 is 4.39 Å². The predicted octanol–water partition coefficient (Wildman–Crippen LogP) is 4.33. The van der Waals surface area contributed by atoms with E-state index < -0.39 is 28.3 Å². The van der Waals surface area contributed by atoms with E-state index in [1.807, 2.05) is 10.6 Å². The number of rotatable bonds is 8. The molecule has 228 valence electrons. The van der Waals surface area contributed by atoms with Gasteiger partial charge in [-0.1, -0.05) is 0 Å². The van der Waals surface area contributed by atoms with Gasteiger partial charge in [0.25, 0.3) is 5.91 Å². The van der Waals surface area contributed by atoms with E-state index in [1.165, 1.54) is 18.3 Å². The minimum absolute atomic E-state index is 0.0116. The molecule has 10 nitrogen and oxygen atoms in total. The lowest BCUT2D eigenvalue weighted by molar-refractivity contribution is 0.0704. The zero-order valence-electron chi connectivity index (χ0n) is 23.6. The molecule has 0 unspecified atom stereocenters. The number of nitrogens with zero attached hydrogens (tertiary/aromatic N) is 6. The third-order valence-corrected chi connectivity index (χ3v) is 9.62. The summed E-state index contributed by atoms with van der Waals surface area (Å²) in [6.45, 7) is -1.86. The van der Waals surface area contributed by atoms with Gasteiger partial charge in [0.2, 0.25) is 10.0 Å². The molecule has 7 rings (SSSR count). The predicted molar refractivity (Wildman–Crippen MR) is 155 cm³/mol. The van der Waals surface area contributed by atoms with Crippen LogP contribution in [0.1, 0.15) is 60.5 Å². The van der Waals surface area contributed by atoms with Crippen LogP contribution >= 0.6 is 0 Å². The Morgan fingerprint density at radius 1 is 1.14 bits per heavy atom. The molecule has 0 aromatic carbocycles. The number of fused-ring (bicyclic) bond motifs is 2. The lowest BCUT2D eigenvalue weighted by Crippen LogP contribution is -2.45. The van der Waals surface area contributed by atoms with Gasteiger partial charge >= 0.3 is 6.55 Å². The summed E-state index contributed by atoms with van der Waals surface area (Å²) in [6, 6.07) is 6.07. The maximum atomic E-state index is 15.5. The van der Waals surface area contributed by atoms with Crippen LogP contribution in [0.3, 0.4) is 0 Å². The molecule has 2 N–H and O–H groups in total. The normalized spacial score (nSPS) is 19.6. The number of aromatic nitrogens is 4. The van der Waals surface area contributed by atoms with Crippen molar-refractivity contribution in [1.82, 2.24) is 23.8 Å². The first-order valence-electron chi connectivity index (χ1n) is 14.5. The van der Waals surface area contributed by atoms with E-state index in [-0.39, 0.29) is 27.6 Å². The van der Waals surface area contributed by atoms with Crippen molar-refractivity contribution in [3.8, 4) is 11.4 Å². The van der Waals surface area contributed by atoms with Crippen LogP contribution in [0.5, 0.6) is 0 Å². The molecule has 3 fully saturated rings. The molecule has 1 atom stereocenters. The van der Waals surface area contributed by atoms with Crippen molar-refractivity contribution in [3.63, 3.8) is 0 Å². The first kappa shape index (κ1) is 28.1. The zero-order valence-corrected chi connectivity index (χ0v) is 24.4. The molecule has 2 saturated carbocycles. The van der Waals surface area contributed by atoms with Gasteiger partial charge in [0.05, 0.1) is 23.2 Å². The van der Waals surface area contributed by atoms with Crippen molar-refractivity contribution in [1.29, 1.82) is 0 Å². The Morgan fingerprint density at radius 3 is 2.56 bits per heavy atom. The van der Waals surface area contributed by atoms with Gasteiger partial charge in [0, 0.05) is 43.2 Å². The Labute approximate surface area is 246 Å². The van der Waals surface area contributed by atoms with E-state index in [0.29, 0.717) is 53.6 Å². The summed E-state index contributed by atoms with van der Waals surface area (Å²) in [4.78, 5) is 24.2. The third-order valence-electron chi connectivity index (χ3n) is 8.56. The highest BCUT2D eigenvalue weighted by molar-refractivity contribution is 7.92. The molecule has 1 amide bonds. The molecule has 5 heterocycles. The third kappa shape index (κ3) is 5.13. The lowest BCUT2D eigenvalue weighted by Gasteiger charge is -2.30. The molecule has 4 aromatic rings. The minimum Gasteiger partial charge on any atom is -0.337 e. The number of sulfonamides is 1. The number of carbonyl (C=O) groups excluding carboxylic acids is 1. The largest absolute Gasteiger partial charge is 0.337 e. The van der Waals surface area contributed by atoms with Crippen LogP contribution in [-0.4, -0.2) is 70.1 Å². The van der Waals surface area contributed by atoms with Crippen LogP contribution in [0.4, 0.5) is 19.0 Å².